The van der Waals surface area contributed by atoms with Crippen molar-refractivity contribution in [3.63, 3.8) is 0 Å². The van der Waals surface area contributed by atoms with Crippen molar-refractivity contribution in [2.24, 2.45) is 5.92 Å². The Morgan fingerprint density at radius 2 is 1.27 bits per heavy atom. The predicted molar refractivity (Wildman–Crippen MR) is 122 cm³/mol. The highest BCUT2D eigenvalue weighted by molar-refractivity contribution is 4.83. The van der Waals surface area contributed by atoms with Crippen LogP contribution in [0.25, 0.3) is 0 Å². The SMILES string of the molecule is [CH2]C(CCOCCOCC(C)C)(CCOCCOC(C)CC)OCCOCCCC. The van der Waals surface area contributed by atoms with Gasteiger partial charge in [-0.3, -0.25) is 0 Å². The third-order valence-corrected chi connectivity index (χ3v) is 4.71. The molecule has 0 aromatic rings. The number of ether oxygens (including phenoxy) is 6. The molecule has 181 valence electrons. The normalized spacial score (nSPS) is 14.9. The van der Waals surface area contributed by atoms with Gasteiger partial charge in [0.1, 0.15) is 0 Å². The van der Waals surface area contributed by atoms with Crippen LogP contribution in [0.5, 0.6) is 0 Å². The summed E-state index contributed by atoms with van der Waals surface area (Å²) in [7, 11) is 0. The van der Waals surface area contributed by atoms with Crippen molar-refractivity contribution < 1.29 is 28.4 Å². The molecule has 6 nitrogen and oxygen atoms in total. The molecule has 30 heavy (non-hydrogen) atoms. The van der Waals surface area contributed by atoms with E-state index in [2.05, 4.69) is 41.5 Å². The minimum Gasteiger partial charge on any atom is -0.379 e. The molecule has 0 aliphatic rings. The second-order valence-corrected chi connectivity index (χ2v) is 8.28. The van der Waals surface area contributed by atoms with Crippen molar-refractivity contribution in [2.75, 3.05) is 66.1 Å². The van der Waals surface area contributed by atoms with E-state index in [1.54, 1.807) is 0 Å². The second kappa shape index (κ2) is 20.7. The molecular formula is C24H49O6. The predicted octanol–water partition coefficient (Wildman–Crippen LogP) is 4.69. The first-order chi connectivity index (χ1) is 14.4. The van der Waals surface area contributed by atoms with Crippen molar-refractivity contribution in [2.45, 2.75) is 78.4 Å². The maximum atomic E-state index is 6.07. The van der Waals surface area contributed by atoms with Gasteiger partial charge in [-0.2, -0.15) is 0 Å². The van der Waals surface area contributed by atoms with Gasteiger partial charge in [-0.1, -0.05) is 34.1 Å². The van der Waals surface area contributed by atoms with E-state index >= 15 is 0 Å². The summed E-state index contributed by atoms with van der Waals surface area (Å²) in [5.74, 6) is 0.543. The maximum absolute atomic E-state index is 6.07. The zero-order valence-corrected chi connectivity index (χ0v) is 20.4. The smallest absolute Gasteiger partial charge is 0.0728 e. The zero-order chi connectivity index (χ0) is 22.5. The van der Waals surface area contributed by atoms with Crippen LogP contribution in [0.15, 0.2) is 0 Å². The molecule has 0 aromatic heterocycles. The molecule has 6 heteroatoms. The van der Waals surface area contributed by atoms with Crippen LogP contribution >= 0.6 is 0 Å². The van der Waals surface area contributed by atoms with E-state index in [0.717, 1.165) is 32.5 Å². The van der Waals surface area contributed by atoms with Crippen LogP contribution in [0, 0.1) is 12.8 Å². The molecule has 2 atom stereocenters. The summed E-state index contributed by atoms with van der Waals surface area (Å²) in [4.78, 5) is 0. The van der Waals surface area contributed by atoms with E-state index < -0.39 is 5.60 Å². The van der Waals surface area contributed by atoms with Gasteiger partial charge < -0.3 is 28.4 Å². The Labute approximate surface area is 186 Å². The summed E-state index contributed by atoms with van der Waals surface area (Å²) in [6.07, 6.45) is 4.92. The molecule has 0 bridgehead atoms. The standard InChI is InChI=1S/C24H49O6/c1-7-9-12-25-18-20-30-24(6,10-13-26-15-16-28-21-22(3)4)11-14-27-17-19-29-23(5)8-2/h22-23H,6-21H2,1-5H3. The van der Waals surface area contributed by atoms with Crippen LogP contribution < -0.4 is 0 Å². The Morgan fingerprint density at radius 1 is 0.700 bits per heavy atom. The first kappa shape index (κ1) is 29.8. The van der Waals surface area contributed by atoms with Crippen LogP contribution in [0.3, 0.4) is 0 Å². The molecule has 0 saturated heterocycles. The van der Waals surface area contributed by atoms with E-state index in [1.807, 2.05) is 0 Å². The quantitative estimate of drug-likeness (QED) is 0.218. The van der Waals surface area contributed by atoms with Crippen LogP contribution in [-0.2, 0) is 28.4 Å². The van der Waals surface area contributed by atoms with Crippen molar-refractivity contribution in [1.82, 2.24) is 0 Å². The third kappa shape index (κ3) is 19.7. The fourth-order valence-electron chi connectivity index (χ4n) is 2.52. The van der Waals surface area contributed by atoms with Gasteiger partial charge in [0.05, 0.1) is 51.3 Å². The fraction of sp³-hybridized carbons (Fsp3) is 0.958. The molecule has 0 rings (SSSR count). The molecule has 1 radical (unpaired) electrons. The number of hydrogen-bond donors (Lipinski definition) is 0. The lowest BCUT2D eigenvalue weighted by Gasteiger charge is -2.30. The largest absolute Gasteiger partial charge is 0.379 e. The van der Waals surface area contributed by atoms with Crippen LogP contribution in [-0.4, -0.2) is 77.8 Å². The first-order valence-electron chi connectivity index (χ1n) is 11.8. The highest BCUT2D eigenvalue weighted by Crippen LogP contribution is 2.20. The summed E-state index contributed by atoms with van der Waals surface area (Å²) < 4.78 is 34.3. The van der Waals surface area contributed by atoms with Crippen molar-refractivity contribution >= 4 is 0 Å². The fourth-order valence-corrected chi connectivity index (χ4v) is 2.52. The summed E-state index contributed by atoms with van der Waals surface area (Å²) >= 11 is 0. The molecule has 0 aromatic carbocycles. The molecule has 0 heterocycles. The molecule has 2 unspecified atom stereocenters. The summed E-state index contributed by atoms with van der Waals surface area (Å²) in [6, 6.07) is 0. The zero-order valence-electron chi connectivity index (χ0n) is 20.4. The Kier molecular flexibility index (Phi) is 20.5. The Balaban J connectivity index is 4.10. The Morgan fingerprint density at radius 3 is 1.87 bits per heavy atom. The average molecular weight is 434 g/mol. The van der Waals surface area contributed by atoms with E-state index in [4.69, 9.17) is 28.4 Å². The van der Waals surface area contributed by atoms with E-state index in [0.29, 0.717) is 71.6 Å². The van der Waals surface area contributed by atoms with Crippen LogP contribution in [0.4, 0.5) is 0 Å². The Hall–Kier alpha value is -0.240. The van der Waals surface area contributed by atoms with Gasteiger partial charge >= 0.3 is 0 Å². The van der Waals surface area contributed by atoms with E-state index in [9.17, 15) is 0 Å². The molecular weight excluding hydrogens is 384 g/mol. The number of unbranched alkanes of at least 4 members (excludes halogenated alkanes) is 1. The monoisotopic (exact) mass is 433 g/mol. The van der Waals surface area contributed by atoms with Crippen LogP contribution in [0.1, 0.15) is 66.7 Å². The minimum atomic E-state index is -0.537. The molecule has 0 saturated carbocycles. The van der Waals surface area contributed by atoms with Crippen LogP contribution in [0.2, 0.25) is 0 Å². The molecule has 0 fully saturated rings. The number of rotatable bonds is 23. The summed E-state index contributed by atoms with van der Waals surface area (Å²) in [6.45, 7) is 21.2. The van der Waals surface area contributed by atoms with Crippen molar-refractivity contribution in [1.29, 1.82) is 0 Å². The third-order valence-electron chi connectivity index (χ3n) is 4.71. The highest BCUT2D eigenvalue weighted by Gasteiger charge is 2.25. The van der Waals surface area contributed by atoms with Gasteiger partial charge in [-0.25, -0.2) is 0 Å². The lowest BCUT2D eigenvalue weighted by atomic mass is 9.98. The van der Waals surface area contributed by atoms with Gasteiger partial charge in [0.15, 0.2) is 0 Å². The molecule has 0 amide bonds. The lowest BCUT2D eigenvalue weighted by molar-refractivity contribution is -0.0773. The topological polar surface area (TPSA) is 55.4 Å². The van der Waals surface area contributed by atoms with E-state index in [-0.39, 0.29) is 6.10 Å². The highest BCUT2D eigenvalue weighted by atomic mass is 16.5. The molecule has 0 aliphatic heterocycles. The second-order valence-electron chi connectivity index (χ2n) is 8.28. The van der Waals surface area contributed by atoms with Gasteiger partial charge in [0.25, 0.3) is 0 Å². The van der Waals surface area contributed by atoms with Gasteiger partial charge in [-0.05, 0) is 45.4 Å². The first-order valence-corrected chi connectivity index (χ1v) is 11.8. The van der Waals surface area contributed by atoms with E-state index in [1.165, 1.54) is 0 Å². The molecule has 0 spiro atoms. The van der Waals surface area contributed by atoms with Gasteiger partial charge in [0.2, 0.25) is 0 Å². The molecule has 0 aliphatic carbocycles. The van der Waals surface area contributed by atoms with Gasteiger partial charge in [0, 0.05) is 26.4 Å². The maximum Gasteiger partial charge on any atom is 0.0728 e. The van der Waals surface area contributed by atoms with Crippen molar-refractivity contribution in [3.8, 4) is 0 Å². The van der Waals surface area contributed by atoms with Gasteiger partial charge in [-0.15, -0.1) is 0 Å². The number of hydrogen-bond acceptors (Lipinski definition) is 6. The Bertz CT molecular complexity index is 353. The minimum absolute atomic E-state index is 0.276. The average Bonchev–Trinajstić information content (AvgIpc) is 2.72. The summed E-state index contributed by atoms with van der Waals surface area (Å²) in [5, 5.41) is 0. The summed E-state index contributed by atoms with van der Waals surface area (Å²) in [5.41, 5.74) is -0.537. The molecule has 0 N–H and O–H groups in total. The lowest BCUT2D eigenvalue weighted by Crippen LogP contribution is -2.34. The van der Waals surface area contributed by atoms with Crippen molar-refractivity contribution in [3.05, 3.63) is 6.92 Å².